The molecule has 16 atom stereocenters. The van der Waals surface area contributed by atoms with Crippen LogP contribution in [-0.4, -0.2) is 48.3 Å². The van der Waals surface area contributed by atoms with Crippen LogP contribution in [0.4, 0.5) is 0 Å². The van der Waals surface area contributed by atoms with Gasteiger partial charge in [-0.15, -0.1) is 0 Å². The quantitative estimate of drug-likeness (QED) is 0.215. The van der Waals surface area contributed by atoms with Gasteiger partial charge in [0.15, 0.2) is 0 Å². The van der Waals surface area contributed by atoms with Gasteiger partial charge in [0.1, 0.15) is 0 Å². The van der Waals surface area contributed by atoms with E-state index in [9.17, 15) is 0 Å². The van der Waals surface area contributed by atoms with Crippen molar-refractivity contribution in [2.45, 2.75) is 202 Å². The third kappa shape index (κ3) is 7.07. The molecule has 14 rings (SSSR count). The lowest BCUT2D eigenvalue weighted by atomic mass is 9.45. The number of rotatable bonds is 9. The fourth-order valence-corrected chi connectivity index (χ4v) is 21.5. The van der Waals surface area contributed by atoms with Gasteiger partial charge >= 0.3 is 0 Å². The molecule has 0 radical (unpaired) electrons. The van der Waals surface area contributed by atoms with Crippen LogP contribution in [0.15, 0.2) is 116 Å². The van der Waals surface area contributed by atoms with Crippen molar-refractivity contribution < 1.29 is 9.47 Å². The first-order valence-corrected chi connectivity index (χ1v) is 30.9. The van der Waals surface area contributed by atoms with Gasteiger partial charge in [-0.2, -0.15) is 0 Å². The first-order valence-electron chi connectivity index (χ1n) is 30.9. The Morgan fingerprint density at radius 3 is 2.29 bits per heavy atom. The molecule has 0 bridgehead atoms. The molecule has 0 amide bonds. The molecule has 4 heteroatoms. The van der Waals surface area contributed by atoms with Gasteiger partial charge in [0, 0.05) is 54.9 Å². The molecule has 73 heavy (non-hydrogen) atoms. The Kier molecular flexibility index (Phi) is 11.6. The molecule has 14 aliphatic rings. The first kappa shape index (κ1) is 48.3. The number of allylic oxidation sites excluding steroid dienone is 15. The molecule has 0 aliphatic heterocycles. The molecule has 14 aliphatic carbocycles. The van der Waals surface area contributed by atoms with Crippen LogP contribution in [0.25, 0.3) is 0 Å². The lowest BCUT2D eigenvalue weighted by Gasteiger charge is -2.61. The highest BCUT2D eigenvalue weighted by Gasteiger charge is 2.65. The van der Waals surface area contributed by atoms with Crippen LogP contribution in [-0.2, 0) is 9.47 Å². The van der Waals surface area contributed by atoms with E-state index >= 15 is 0 Å². The number of ether oxygens (including phenoxy) is 2. The Morgan fingerprint density at radius 2 is 1.52 bits per heavy atom. The molecular formula is C69H94N2O2. The number of hydrogen-bond donors (Lipinski definition) is 0. The lowest BCUT2D eigenvalue weighted by Crippen LogP contribution is -2.54. The average molecular weight is 984 g/mol. The van der Waals surface area contributed by atoms with Crippen molar-refractivity contribution in [1.29, 1.82) is 0 Å². The van der Waals surface area contributed by atoms with Gasteiger partial charge in [-0.1, -0.05) is 127 Å². The second-order valence-corrected chi connectivity index (χ2v) is 29.1. The molecule has 0 heterocycles. The summed E-state index contributed by atoms with van der Waals surface area (Å²) < 4.78 is 12.2. The second kappa shape index (κ2) is 17.5. The summed E-state index contributed by atoms with van der Waals surface area (Å²) in [6, 6.07) is 0.873. The van der Waals surface area contributed by atoms with E-state index in [1.165, 1.54) is 96.3 Å². The Hall–Kier alpha value is -3.08. The Balaban J connectivity index is 0.931. The summed E-state index contributed by atoms with van der Waals surface area (Å²) in [5.74, 6) is 8.56. The van der Waals surface area contributed by atoms with E-state index in [4.69, 9.17) is 9.47 Å². The SMILES string of the molecule is COC1C=CC(N(C2=C3CC4C5=C(C=C(N(C6=CCC(OC)CC6)C6=C7CCC8C9C=CC=CC9C(C)(C)C8[C@H]76)C6CCC(C(C(C)C)=C2)C3C56)CCC4(C)C)C2CCCC3=C2C(C)(C)C2CCCCC32)CC1. The Bertz CT molecular complexity index is 2630. The predicted molar refractivity (Wildman–Crippen MR) is 298 cm³/mol. The number of fused-ring (bicyclic) bond motifs is 7. The smallest absolute Gasteiger partial charge is 0.0753 e. The van der Waals surface area contributed by atoms with E-state index in [-0.39, 0.29) is 22.3 Å². The van der Waals surface area contributed by atoms with Gasteiger partial charge in [0.2, 0.25) is 0 Å². The molecule has 15 unspecified atom stereocenters. The standard InChI is InChI=1S/C69H94N2O2/c1-39(2)52-38-59(70(41-22-26-43(72-9)27-23-41)57-21-15-18-48-45-16-11-13-19-54(45)68(5,6)64(48)57)53-37-56-60-40(34-35-67(56,3)4)36-58(50-32-30-47(52)61(53)62(50)60)71(42-24-28-44(73-10)29-25-42)66-51-33-31-49-46-17-12-14-20-55(46)69(7,8)65(49)63(51)66/h12,14,17,20,22,24,26,36,38-39,41,43-47,49-50,54-57,61-63,65H,11,13,15-16,18-19,21,23,25,27-35,37H2,1-10H3/t41?,43?,44?,45?,46?,47?,49?,50?,54?,55?,56?,57?,61?,62?,63-,65?/m0/s1. The van der Waals surface area contributed by atoms with Crippen molar-refractivity contribution in [3.05, 3.63) is 116 Å². The van der Waals surface area contributed by atoms with Crippen LogP contribution in [0, 0.1) is 93.2 Å². The van der Waals surface area contributed by atoms with Gasteiger partial charge in [-0.05, 0) is 225 Å². The third-order valence-electron chi connectivity index (χ3n) is 24.7. The number of hydrogen-bond acceptors (Lipinski definition) is 4. The third-order valence-corrected chi connectivity index (χ3v) is 24.7. The van der Waals surface area contributed by atoms with Crippen LogP contribution in [0.2, 0.25) is 0 Å². The van der Waals surface area contributed by atoms with Crippen molar-refractivity contribution in [3.63, 3.8) is 0 Å². The highest BCUT2D eigenvalue weighted by molar-refractivity contribution is 5.56. The van der Waals surface area contributed by atoms with E-state index in [1.807, 2.05) is 42.1 Å². The van der Waals surface area contributed by atoms with E-state index in [1.54, 1.807) is 33.9 Å². The molecule has 0 aromatic rings. The van der Waals surface area contributed by atoms with E-state index in [2.05, 4.69) is 120 Å². The molecule has 5 fully saturated rings. The highest BCUT2D eigenvalue weighted by Crippen LogP contribution is 2.73. The van der Waals surface area contributed by atoms with Gasteiger partial charge < -0.3 is 19.3 Å². The molecule has 5 saturated carbocycles. The monoisotopic (exact) mass is 983 g/mol. The van der Waals surface area contributed by atoms with Gasteiger partial charge in [0.05, 0.1) is 18.2 Å². The largest absolute Gasteiger partial charge is 0.381 e. The van der Waals surface area contributed by atoms with E-state index in [0.29, 0.717) is 77.4 Å². The minimum absolute atomic E-state index is 0.230. The maximum absolute atomic E-state index is 6.10. The minimum Gasteiger partial charge on any atom is -0.381 e. The maximum Gasteiger partial charge on any atom is 0.0753 e. The first-order chi connectivity index (χ1) is 35.2. The van der Waals surface area contributed by atoms with Crippen molar-refractivity contribution in [1.82, 2.24) is 9.80 Å². The summed E-state index contributed by atoms with van der Waals surface area (Å²) in [6.07, 6.45) is 48.5. The molecule has 0 aromatic carbocycles. The van der Waals surface area contributed by atoms with Crippen LogP contribution < -0.4 is 0 Å². The fraction of sp³-hybridized carbons (Fsp3) is 0.710. The summed E-state index contributed by atoms with van der Waals surface area (Å²) in [5.41, 5.74) is 20.7. The van der Waals surface area contributed by atoms with Crippen LogP contribution in [0.5, 0.6) is 0 Å². The summed E-state index contributed by atoms with van der Waals surface area (Å²) in [7, 11) is 3.88. The van der Waals surface area contributed by atoms with Crippen molar-refractivity contribution in [2.75, 3.05) is 14.2 Å². The molecule has 0 aromatic heterocycles. The lowest BCUT2D eigenvalue weighted by molar-refractivity contribution is 0.0683. The fourth-order valence-electron chi connectivity index (χ4n) is 21.5. The van der Waals surface area contributed by atoms with E-state index < -0.39 is 0 Å². The van der Waals surface area contributed by atoms with Gasteiger partial charge in [-0.25, -0.2) is 0 Å². The summed E-state index contributed by atoms with van der Waals surface area (Å²) >= 11 is 0. The molecule has 4 nitrogen and oxygen atoms in total. The summed E-state index contributed by atoms with van der Waals surface area (Å²) in [5, 5.41) is 0. The topological polar surface area (TPSA) is 24.9 Å². The van der Waals surface area contributed by atoms with E-state index in [0.717, 1.165) is 43.4 Å². The number of methoxy groups -OCH3 is 2. The zero-order chi connectivity index (χ0) is 50.0. The highest BCUT2D eigenvalue weighted by atomic mass is 16.5. The maximum atomic E-state index is 6.10. The molecule has 392 valence electrons. The molecule has 0 N–H and O–H groups in total. The minimum atomic E-state index is 0.230. The van der Waals surface area contributed by atoms with Crippen molar-refractivity contribution in [2.24, 2.45) is 93.2 Å². The van der Waals surface area contributed by atoms with Crippen LogP contribution in [0.1, 0.15) is 177 Å². The Morgan fingerprint density at radius 1 is 0.699 bits per heavy atom. The normalized spacial score (nSPS) is 42.9. The molecule has 0 saturated heterocycles. The average Bonchev–Trinajstić information content (AvgIpc) is 3.99. The zero-order valence-corrected chi connectivity index (χ0v) is 47.2. The summed E-state index contributed by atoms with van der Waals surface area (Å²) in [6.45, 7) is 21.3. The van der Waals surface area contributed by atoms with Gasteiger partial charge in [-0.3, -0.25) is 0 Å². The second-order valence-electron chi connectivity index (χ2n) is 29.1. The summed E-state index contributed by atoms with van der Waals surface area (Å²) in [4.78, 5) is 6.28. The Labute approximate surface area is 442 Å². The van der Waals surface area contributed by atoms with Crippen LogP contribution in [0.3, 0.4) is 0 Å². The molecular weight excluding hydrogens is 889 g/mol. The predicted octanol–water partition coefficient (Wildman–Crippen LogP) is 16.6. The van der Waals surface area contributed by atoms with Gasteiger partial charge in [0.25, 0.3) is 0 Å². The van der Waals surface area contributed by atoms with Crippen molar-refractivity contribution >= 4 is 0 Å². The van der Waals surface area contributed by atoms with Crippen molar-refractivity contribution in [3.8, 4) is 0 Å². The zero-order valence-electron chi connectivity index (χ0n) is 47.2. The molecule has 0 spiro atoms. The van der Waals surface area contributed by atoms with Crippen LogP contribution >= 0.6 is 0 Å². The number of nitrogens with zero attached hydrogens (tertiary/aromatic N) is 2.